The summed E-state index contributed by atoms with van der Waals surface area (Å²) in [5.41, 5.74) is 3.25. The SMILES string of the molecule is CCOC(=O)c1ccc(-c2cnn3cc(Cl)ncc23)cc1. The fourth-order valence-corrected chi connectivity index (χ4v) is 2.22. The Hall–Kier alpha value is -2.40. The summed E-state index contributed by atoms with van der Waals surface area (Å²) >= 11 is 5.84. The maximum Gasteiger partial charge on any atom is 0.338 e. The summed E-state index contributed by atoms with van der Waals surface area (Å²) in [6.07, 6.45) is 5.06. The number of benzene rings is 1. The lowest BCUT2D eigenvalue weighted by Crippen LogP contribution is -2.03. The van der Waals surface area contributed by atoms with Crippen LogP contribution in [0.15, 0.2) is 42.9 Å². The predicted octanol–water partition coefficient (Wildman–Crippen LogP) is 3.23. The second-order valence-corrected chi connectivity index (χ2v) is 4.78. The Kier molecular flexibility index (Phi) is 3.58. The highest BCUT2D eigenvalue weighted by atomic mass is 35.5. The molecule has 0 saturated heterocycles. The van der Waals surface area contributed by atoms with Crippen molar-refractivity contribution in [3.8, 4) is 11.1 Å². The Morgan fingerprint density at radius 1 is 1.29 bits per heavy atom. The lowest BCUT2D eigenvalue weighted by molar-refractivity contribution is 0.0526. The number of rotatable bonds is 3. The van der Waals surface area contributed by atoms with E-state index in [1.54, 1.807) is 42.2 Å². The summed E-state index contributed by atoms with van der Waals surface area (Å²) < 4.78 is 6.63. The van der Waals surface area contributed by atoms with Gasteiger partial charge in [-0.3, -0.25) is 0 Å². The van der Waals surface area contributed by atoms with Gasteiger partial charge in [0, 0.05) is 5.56 Å². The minimum absolute atomic E-state index is 0.322. The highest BCUT2D eigenvalue weighted by molar-refractivity contribution is 6.29. The zero-order valence-corrected chi connectivity index (χ0v) is 12.0. The Balaban J connectivity index is 1.97. The molecule has 0 radical (unpaired) electrons. The monoisotopic (exact) mass is 301 g/mol. The van der Waals surface area contributed by atoms with Gasteiger partial charge in [0.15, 0.2) is 0 Å². The Bertz CT molecular complexity index is 796. The smallest absolute Gasteiger partial charge is 0.338 e. The fraction of sp³-hybridized carbons (Fsp3) is 0.133. The number of hydrogen-bond donors (Lipinski definition) is 0. The first-order chi connectivity index (χ1) is 10.2. The van der Waals surface area contributed by atoms with E-state index >= 15 is 0 Å². The van der Waals surface area contributed by atoms with Crippen LogP contribution in [0.1, 0.15) is 17.3 Å². The summed E-state index contributed by atoms with van der Waals surface area (Å²) in [5, 5.41) is 4.63. The van der Waals surface area contributed by atoms with Gasteiger partial charge in [-0.15, -0.1) is 0 Å². The highest BCUT2D eigenvalue weighted by Gasteiger charge is 2.10. The normalized spacial score (nSPS) is 10.8. The van der Waals surface area contributed by atoms with E-state index in [1.807, 2.05) is 12.1 Å². The molecular weight excluding hydrogens is 290 g/mol. The largest absolute Gasteiger partial charge is 0.462 e. The molecule has 0 fully saturated rings. The van der Waals surface area contributed by atoms with E-state index in [1.165, 1.54) is 0 Å². The quantitative estimate of drug-likeness (QED) is 0.697. The van der Waals surface area contributed by atoms with Gasteiger partial charge in [0.1, 0.15) is 5.15 Å². The van der Waals surface area contributed by atoms with Crippen LogP contribution in [0.4, 0.5) is 0 Å². The maximum atomic E-state index is 11.6. The van der Waals surface area contributed by atoms with Gasteiger partial charge in [-0.25, -0.2) is 14.3 Å². The molecule has 0 aliphatic heterocycles. The Labute approximate surface area is 126 Å². The Morgan fingerprint density at radius 2 is 2.05 bits per heavy atom. The van der Waals surface area contributed by atoms with Gasteiger partial charge in [0.2, 0.25) is 0 Å². The fourth-order valence-electron chi connectivity index (χ4n) is 2.08. The van der Waals surface area contributed by atoms with Crippen LogP contribution >= 0.6 is 11.6 Å². The summed E-state index contributed by atoms with van der Waals surface area (Å²) in [6, 6.07) is 7.19. The van der Waals surface area contributed by atoms with Crippen LogP contribution in [0.2, 0.25) is 5.15 Å². The minimum atomic E-state index is -0.322. The van der Waals surface area contributed by atoms with Gasteiger partial charge < -0.3 is 4.74 Å². The number of ether oxygens (including phenoxy) is 1. The maximum absolute atomic E-state index is 11.6. The van der Waals surface area contributed by atoms with Gasteiger partial charge in [-0.1, -0.05) is 23.7 Å². The van der Waals surface area contributed by atoms with Crippen molar-refractivity contribution in [3.05, 3.63) is 53.6 Å². The summed E-state index contributed by atoms with van der Waals surface area (Å²) in [7, 11) is 0. The van der Waals surface area contributed by atoms with Crippen LogP contribution in [0.3, 0.4) is 0 Å². The van der Waals surface area contributed by atoms with E-state index in [4.69, 9.17) is 16.3 Å². The molecule has 6 heteroatoms. The molecule has 3 rings (SSSR count). The third-order valence-electron chi connectivity index (χ3n) is 3.08. The number of aromatic nitrogens is 3. The predicted molar refractivity (Wildman–Crippen MR) is 79.4 cm³/mol. The summed E-state index contributed by atoms with van der Waals surface area (Å²) in [5.74, 6) is -0.322. The molecular formula is C15H12ClN3O2. The molecule has 0 saturated carbocycles. The first-order valence-corrected chi connectivity index (χ1v) is 6.83. The molecule has 0 spiro atoms. The van der Waals surface area contributed by atoms with E-state index < -0.39 is 0 Å². The number of carbonyl (C=O) groups excluding carboxylic acids is 1. The molecule has 0 N–H and O–H groups in total. The van der Waals surface area contributed by atoms with E-state index in [9.17, 15) is 4.79 Å². The van der Waals surface area contributed by atoms with Crippen molar-refractivity contribution in [2.75, 3.05) is 6.61 Å². The van der Waals surface area contributed by atoms with Crippen molar-refractivity contribution >= 4 is 23.1 Å². The second-order valence-electron chi connectivity index (χ2n) is 4.40. The lowest BCUT2D eigenvalue weighted by atomic mass is 10.1. The van der Waals surface area contributed by atoms with Crippen molar-refractivity contribution in [2.24, 2.45) is 0 Å². The number of hydrogen-bond acceptors (Lipinski definition) is 4. The van der Waals surface area contributed by atoms with Crippen molar-refractivity contribution in [1.29, 1.82) is 0 Å². The van der Waals surface area contributed by atoms with E-state index in [2.05, 4.69) is 10.1 Å². The molecule has 0 amide bonds. The third-order valence-corrected chi connectivity index (χ3v) is 3.28. The molecule has 5 nitrogen and oxygen atoms in total. The molecule has 2 aromatic heterocycles. The first-order valence-electron chi connectivity index (χ1n) is 6.45. The molecule has 2 heterocycles. The van der Waals surface area contributed by atoms with Crippen molar-refractivity contribution in [1.82, 2.24) is 14.6 Å². The van der Waals surface area contributed by atoms with Crippen LogP contribution in [0, 0.1) is 0 Å². The van der Waals surface area contributed by atoms with Crippen LogP contribution < -0.4 is 0 Å². The molecule has 0 atom stereocenters. The van der Waals surface area contributed by atoms with Gasteiger partial charge in [-0.05, 0) is 24.6 Å². The molecule has 21 heavy (non-hydrogen) atoms. The molecule has 0 unspecified atom stereocenters. The first kappa shape index (κ1) is 13.6. The minimum Gasteiger partial charge on any atom is -0.462 e. The van der Waals surface area contributed by atoms with Crippen molar-refractivity contribution in [3.63, 3.8) is 0 Å². The summed E-state index contributed by atoms with van der Waals surface area (Å²) in [6.45, 7) is 2.14. The molecule has 0 aliphatic rings. The molecule has 1 aromatic carbocycles. The number of esters is 1. The van der Waals surface area contributed by atoms with E-state index in [0.717, 1.165) is 16.6 Å². The van der Waals surface area contributed by atoms with E-state index in [0.29, 0.717) is 17.3 Å². The van der Waals surface area contributed by atoms with Crippen LogP contribution in [0.5, 0.6) is 0 Å². The van der Waals surface area contributed by atoms with Gasteiger partial charge in [-0.2, -0.15) is 5.10 Å². The van der Waals surface area contributed by atoms with E-state index in [-0.39, 0.29) is 5.97 Å². The zero-order valence-electron chi connectivity index (χ0n) is 11.3. The standard InChI is InChI=1S/C15H12ClN3O2/c1-2-21-15(20)11-5-3-10(4-6-11)12-7-18-19-9-14(16)17-8-13(12)19/h3-9H,2H2,1H3. The third kappa shape index (κ3) is 2.60. The molecule has 0 bridgehead atoms. The average molecular weight is 302 g/mol. The van der Waals surface area contributed by atoms with Crippen molar-refractivity contribution in [2.45, 2.75) is 6.92 Å². The Morgan fingerprint density at radius 3 is 2.76 bits per heavy atom. The van der Waals surface area contributed by atoms with Gasteiger partial charge >= 0.3 is 5.97 Å². The topological polar surface area (TPSA) is 56.5 Å². The molecule has 0 aliphatic carbocycles. The molecule has 3 aromatic rings. The van der Waals surface area contributed by atoms with Gasteiger partial charge in [0.25, 0.3) is 0 Å². The zero-order chi connectivity index (χ0) is 14.8. The van der Waals surface area contributed by atoms with Crippen LogP contribution in [-0.4, -0.2) is 27.2 Å². The number of halogens is 1. The molecule has 106 valence electrons. The average Bonchev–Trinajstić information content (AvgIpc) is 2.90. The van der Waals surface area contributed by atoms with Crippen LogP contribution in [-0.2, 0) is 4.74 Å². The summed E-state index contributed by atoms with van der Waals surface area (Å²) in [4.78, 5) is 15.7. The second kappa shape index (κ2) is 5.54. The number of carbonyl (C=O) groups is 1. The van der Waals surface area contributed by atoms with Crippen LogP contribution in [0.25, 0.3) is 16.6 Å². The van der Waals surface area contributed by atoms with Gasteiger partial charge in [0.05, 0.1) is 36.3 Å². The van der Waals surface area contributed by atoms with Crippen molar-refractivity contribution < 1.29 is 9.53 Å². The number of nitrogens with zero attached hydrogens (tertiary/aromatic N) is 3. The number of fused-ring (bicyclic) bond motifs is 1. The highest BCUT2D eigenvalue weighted by Crippen LogP contribution is 2.25. The lowest BCUT2D eigenvalue weighted by Gasteiger charge is -2.03.